The summed E-state index contributed by atoms with van der Waals surface area (Å²) < 4.78 is 5.04. The van der Waals surface area contributed by atoms with E-state index in [4.69, 9.17) is 4.42 Å². The molecule has 0 spiro atoms. The van der Waals surface area contributed by atoms with Crippen molar-refractivity contribution in [2.75, 3.05) is 0 Å². The molecule has 0 bridgehead atoms. The van der Waals surface area contributed by atoms with Crippen molar-refractivity contribution in [2.45, 2.75) is 26.4 Å². The predicted molar refractivity (Wildman–Crippen MR) is 60.7 cm³/mol. The van der Waals surface area contributed by atoms with Crippen LogP contribution in [0.15, 0.2) is 35.3 Å². The molecule has 2 rings (SSSR count). The number of hydrogen-bond acceptors (Lipinski definition) is 4. The van der Waals surface area contributed by atoms with Gasteiger partial charge in [0.1, 0.15) is 5.82 Å². The molecule has 0 fully saturated rings. The first-order valence-electron chi connectivity index (χ1n) is 5.29. The number of aryl methyl sites for hydroxylation is 1. The van der Waals surface area contributed by atoms with Crippen molar-refractivity contribution in [1.82, 2.24) is 15.3 Å². The Kier molecular flexibility index (Phi) is 3.31. The highest BCUT2D eigenvalue weighted by Crippen LogP contribution is 2.12. The summed E-state index contributed by atoms with van der Waals surface area (Å²) in [6, 6.07) is 4.14. The Morgan fingerprint density at radius 3 is 3.00 bits per heavy atom. The second-order valence-corrected chi connectivity index (χ2v) is 3.75. The SMILES string of the molecule is Cc1nccc(CNC(C)c2ccoc2)n1. The molecule has 0 saturated heterocycles. The summed E-state index contributed by atoms with van der Waals surface area (Å²) in [5.74, 6) is 0.801. The van der Waals surface area contributed by atoms with Crippen molar-refractivity contribution in [3.8, 4) is 0 Å². The van der Waals surface area contributed by atoms with Gasteiger partial charge in [0.15, 0.2) is 0 Å². The molecule has 0 radical (unpaired) electrons. The van der Waals surface area contributed by atoms with Crippen molar-refractivity contribution in [2.24, 2.45) is 0 Å². The number of nitrogens with zero attached hydrogens (tertiary/aromatic N) is 2. The first-order chi connectivity index (χ1) is 7.75. The van der Waals surface area contributed by atoms with E-state index >= 15 is 0 Å². The van der Waals surface area contributed by atoms with Crippen LogP contribution in [0.2, 0.25) is 0 Å². The van der Waals surface area contributed by atoms with Crippen LogP contribution in [0.3, 0.4) is 0 Å². The fourth-order valence-electron chi connectivity index (χ4n) is 1.50. The van der Waals surface area contributed by atoms with Gasteiger partial charge in [0.25, 0.3) is 0 Å². The summed E-state index contributed by atoms with van der Waals surface area (Å²) in [6.07, 6.45) is 5.22. The Labute approximate surface area is 94.7 Å². The molecule has 84 valence electrons. The fourth-order valence-corrected chi connectivity index (χ4v) is 1.50. The summed E-state index contributed by atoms with van der Waals surface area (Å²) in [7, 11) is 0. The Morgan fingerprint density at radius 1 is 1.44 bits per heavy atom. The van der Waals surface area contributed by atoms with Crippen molar-refractivity contribution in [3.63, 3.8) is 0 Å². The summed E-state index contributed by atoms with van der Waals surface area (Å²) in [5.41, 5.74) is 2.15. The van der Waals surface area contributed by atoms with E-state index in [0.29, 0.717) is 0 Å². The zero-order chi connectivity index (χ0) is 11.4. The maximum absolute atomic E-state index is 5.04. The van der Waals surface area contributed by atoms with Crippen LogP contribution < -0.4 is 5.32 Å². The molecule has 0 aliphatic carbocycles. The van der Waals surface area contributed by atoms with Gasteiger partial charge in [-0.15, -0.1) is 0 Å². The number of aromatic nitrogens is 2. The minimum atomic E-state index is 0.258. The fraction of sp³-hybridized carbons (Fsp3) is 0.333. The summed E-state index contributed by atoms with van der Waals surface area (Å²) in [4.78, 5) is 8.39. The Balaban J connectivity index is 1.92. The van der Waals surface area contributed by atoms with Gasteiger partial charge in [-0.2, -0.15) is 0 Å². The lowest BCUT2D eigenvalue weighted by atomic mass is 10.2. The van der Waals surface area contributed by atoms with E-state index in [-0.39, 0.29) is 6.04 Å². The van der Waals surface area contributed by atoms with Crippen LogP contribution in [0.25, 0.3) is 0 Å². The Morgan fingerprint density at radius 2 is 2.31 bits per heavy atom. The predicted octanol–water partition coefficient (Wildman–Crippen LogP) is 2.23. The minimum Gasteiger partial charge on any atom is -0.472 e. The van der Waals surface area contributed by atoms with Crippen molar-refractivity contribution in [1.29, 1.82) is 0 Å². The minimum absolute atomic E-state index is 0.258. The maximum atomic E-state index is 5.04. The number of furan rings is 1. The van der Waals surface area contributed by atoms with Gasteiger partial charge in [-0.05, 0) is 26.0 Å². The highest BCUT2D eigenvalue weighted by Gasteiger charge is 2.06. The van der Waals surface area contributed by atoms with Gasteiger partial charge in [-0.3, -0.25) is 0 Å². The molecular weight excluding hydrogens is 202 g/mol. The van der Waals surface area contributed by atoms with E-state index < -0.39 is 0 Å². The van der Waals surface area contributed by atoms with E-state index in [9.17, 15) is 0 Å². The standard InChI is InChI=1S/C12H15N3O/c1-9(11-4-6-16-8-11)14-7-12-3-5-13-10(2)15-12/h3-6,8-9,14H,7H2,1-2H3. The van der Waals surface area contributed by atoms with Crippen LogP contribution in [-0.4, -0.2) is 9.97 Å². The normalized spacial score (nSPS) is 12.6. The van der Waals surface area contributed by atoms with Crippen LogP contribution in [0.1, 0.15) is 30.0 Å². The number of hydrogen-bond donors (Lipinski definition) is 1. The van der Waals surface area contributed by atoms with E-state index in [0.717, 1.165) is 23.6 Å². The zero-order valence-corrected chi connectivity index (χ0v) is 9.47. The smallest absolute Gasteiger partial charge is 0.125 e. The van der Waals surface area contributed by atoms with Gasteiger partial charge >= 0.3 is 0 Å². The molecule has 4 nitrogen and oxygen atoms in total. The third-order valence-electron chi connectivity index (χ3n) is 2.47. The number of rotatable bonds is 4. The van der Waals surface area contributed by atoms with E-state index in [1.807, 2.05) is 19.1 Å². The van der Waals surface area contributed by atoms with Gasteiger partial charge in [-0.25, -0.2) is 9.97 Å². The first-order valence-corrected chi connectivity index (χ1v) is 5.29. The highest BCUT2D eigenvalue weighted by molar-refractivity contribution is 5.11. The topological polar surface area (TPSA) is 51.0 Å². The van der Waals surface area contributed by atoms with E-state index in [1.54, 1.807) is 18.7 Å². The lowest BCUT2D eigenvalue weighted by molar-refractivity contribution is 0.535. The molecule has 1 atom stereocenters. The third kappa shape index (κ3) is 2.67. The average Bonchev–Trinajstić information content (AvgIpc) is 2.79. The van der Waals surface area contributed by atoms with Crippen LogP contribution in [0, 0.1) is 6.92 Å². The van der Waals surface area contributed by atoms with Gasteiger partial charge in [0.05, 0.1) is 18.2 Å². The lowest BCUT2D eigenvalue weighted by Gasteiger charge is -2.11. The monoisotopic (exact) mass is 217 g/mol. The quantitative estimate of drug-likeness (QED) is 0.853. The molecular formula is C12H15N3O. The van der Waals surface area contributed by atoms with Gasteiger partial charge < -0.3 is 9.73 Å². The first kappa shape index (κ1) is 10.8. The van der Waals surface area contributed by atoms with Crippen LogP contribution in [0.4, 0.5) is 0 Å². The molecule has 0 amide bonds. The molecule has 1 unspecified atom stereocenters. The summed E-state index contributed by atoms with van der Waals surface area (Å²) in [6.45, 7) is 4.72. The molecule has 0 saturated carbocycles. The van der Waals surface area contributed by atoms with E-state index in [2.05, 4.69) is 22.2 Å². The third-order valence-corrected chi connectivity index (χ3v) is 2.47. The molecule has 0 aromatic carbocycles. The highest BCUT2D eigenvalue weighted by atomic mass is 16.3. The van der Waals surface area contributed by atoms with Crippen molar-refractivity contribution in [3.05, 3.63) is 47.9 Å². The lowest BCUT2D eigenvalue weighted by Crippen LogP contribution is -2.18. The maximum Gasteiger partial charge on any atom is 0.125 e. The molecule has 1 N–H and O–H groups in total. The van der Waals surface area contributed by atoms with Crippen LogP contribution in [-0.2, 0) is 6.54 Å². The van der Waals surface area contributed by atoms with Crippen LogP contribution in [0.5, 0.6) is 0 Å². The summed E-state index contributed by atoms with van der Waals surface area (Å²) in [5, 5.41) is 3.38. The van der Waals surface area contributed by atoms with Crippen molar-refractivity contribution < 1.29 is 4.42 Å². The Bertz CT molecular complexity index is 439. The Hall–Kier alpha value is -1.68. The van der Waals surface area contributed by atoms with Crippen molar-refractivity contribution >= 4 is 0 Å². The second kappa shape index (κ2) is 4.90. The van der Waals surface area contributed by atoms with Crippen LogP contribution >= 0.6 is 0 Å². The summed E-state index contributed by atoms with van der Waals surface area (Å²) >= 11 is 0. The van der Waals surface area contributed by atoms with Gasteiger partial charge in [0, 0.05) is 24.3 Å². The molecule has 0 aliphatic heterocycles. The number of nitrogens with one attached hydrogen (secondary N) is 1. The van der Waals surface area contributed by atoms with E-state index in [1.165, 1.54) is 0 Å². The van der Waals surface area contributed by atoms with Gasteiger partial charge in [0.2, 0.25) is 0 Å². The molecule has 16 heavy (non-hydrogen) atoms. The zero-order valence-electron chi connectivity index (χ0n) is 9.47. The molecule has 2 aromatic rings. The van der Waals surface area contributed by atoms with Gasteiger partial charge in [-0.1, -0.05) is 0 Å². The largest absolute Gasteiger partial charge is 0.472 e. The molecule has 2 heterocycles. The molecule has 4 heteroatoms. The average molecular weight is 217 g/mol. The second-order valence-electron chi connectivity index (χ2n) is 3.75. The molecule has 0 aliphatic rings. The molecule has 2 aromatic heterocycles.